The van der Waals surface area contributed by atoms with Crippen molar-refractivity contribution in [1.29, 1.82) is 0 Å². The summed E-state index contributed by atoms with van der Waals surface area (Å²) < 4.78 is 34.3. The van der Waals surface area contributed by atoms with Gasteiger partial charge in [0, 0.05) is 17.4 Å². The number of benzene rings is 4. The van der Waals surface area contributed by atoms with Crippen molar-refractivity contribution in [3.63, 3.8) is 0 Å². The molecule has 35 heavy (non-hydrogen) atoms. The summed E-state index contributed by atoms with van der Waals surface area (Å²) in [5.41, 5.74) is 1.75. The first-order valence-corrected chi connectivity index (χ1v) is 12.8. The van der Waals surface area contributed by atoms with Crippen LogP contribution in [-0.4, -0.2) is 26.5 Å². The molecule has 3 N–H and O–H groups in total. The Morgan fingerprint density at radius 1 is 0.857 bits per heavy atom. The predicted octanol–water partition coefficient (Wildman–Crippen LogP) is 5.90. The minimum Gasteiger partial charge on any atom is -0.497 e. The molecule has 5 rings (SSSR count). The van der Waals surface area contributed by atoms with Crippen molar-refractivity contribution >= 4 is 64.9 Å². The van der Waals surface area contributed by atoms with Crippen LogP contribution < -0.4 is 20.1 Å². The summed E-state index contributed by atoms with van der Waals surface area (Å²) in [5.74, 6) is 0.632. The molecule has 0 aliphatic carbocycles. The van der Waals surface area contributed by atoms with Gasteiger partial charge in [0.15, 0.2) is 5.13 Å². The summed E-state index contributed by atoms with van der Waals surface area (Å²) in [7, 11) is -2.26. The van der Waals surface area contributed by atoms with Crippen LogP contribution in [0, 0.1) is 0 Å². The third kappa shape index (κ3) is 5.03. The number of hydrogen-bond acceptors (Lipinski definition) is 6. The van der Waals surface area contributed by atoms with E-state index in [1.165, 1.54) is 11.3 Å². The zero-order valence-electron chi connectivity index (χ0n) is 18.5. The van der Waals surface area contributed by atoms with E-state index in [9.17, 15) is 13.2 Å². The number of methoxy groups -OCH3 is 1. The normalized spacial score (nSPS) is 11.3. The Bertz CT molecular complexity index is 1670. The van der Waals surface area contributed by atoms with E-state index in [0.29, 0.717) is 22.6 Å². The molecule has 176 valence electrons. The van der Waals surface area contributed by atoms with Crippen LogP contribution in [0.1, 0.15) is 0 Å². The Kier molecular flexibility index (Phi) is 5.98. The van der Waals surface area contributed by atoms with Crippen LogP contribution in [0.2, 0.25) is 0 Å². The van der Waals surface area contributed by atoms with E-state index in [0.717, 1.165) is 15.5 Å². The van der Waals surface area contributed by atoms with Gasteiger partial charge in [-0.05, 0) is 53.2 Å². The lowest BCUT2D eigenvalue weighted by molar-refractivity contribution is 0.262. The molecule has 2 amide bonds. The molecular weight excluding hydrogens is 484 g/mol. The van der Waals surface area contributed by atoms with Crippen molar-refractivity contribution in [3.8, 4) is 5.75 Å². The molecule has 8 nitrogen and oxygen atoms in total. The molecule has 5 aromatic rings. The van der Waals surface area contributed by atoms with Gasteiger partial charge in [-0.1, -0.05) is 47.7 Å². The zero-order valence-corrected chi connectivity index (χ0v) is 20.1. The summed E-state index contributed by atoms with van der Waals surface area (Å²) in [4.78, 5) is 16.9. The first kappa shape index (κ1) is 22.6. The Morgan fingerprint density at radius 3 is 2.43 bits per heavy atom. The first-order chi connectivity index (χ1) is 16.9. The molecule has 0 aliphatic rings. The number of ether oxygens (including phenoxy) is 1. The molecule has 0 atom stereocenters. The van der Waals surface area contributed by atoms with Crippen molar-refractivity contribution < 1.29 is 17.9 Å². The number of carbonyl (C=O) groups is 1. The first-order valence-electron chi connectivity index (χ1n) is 10.5. The van der Waals surface area contributed by atoms with E-state index in [-0.39, 0.29) is 10.0 Å². The molecule has 0 unspecified atom stereocenters. The van der Waals surface area contributed by atoms with Gasteiger partial charge in [-0.15, -0.1) is 0 Å². The minimum absolute atomic E-state index is 0.159. The highest BCUT2D eigenvalue weighted by molar-refractivity contribution is 7.93. The number of anilines is 3. The minimum atomic E-state index is -3.81. The lowest BCUT2D eigenvalue weighted by Gasteiger charge is -2.08. The summed E-state index contributed by atoms with van der Waals surface area (Å²) in [6.07, 6.45) is 0. The lowest BCUT2D eigenvalue weighted by Crippen LogP contribution is -2.19. The Labute approximate surface area is 205 Å². The molecule has 0 bridgehead atoms. The maximum Gasteiger partial charge on any atom is 0.323 e. The van der Waals surface area contributed by atoms with E-state index >= 15 is 0 Å². The monoisotopic (exact) mass is 504 g/mol. The van der Waals surface area contributed by atoms with Gasteiger partial charge in [-0.25, -0.2) is 18.2 Å². The van der Waals surface area contributed by atoms with E-state index in [2.05, 4.69) is 20.3 Å². The van der Waals surface area contributed by atoms with Crippen LogP contribution in [0.4, 0.5) is 21.3 Å². The molecule has 1 aromatic heterocycles. The highest BCUT2D eigenvalue weighted by Crippen LogP contribution is 2.30. The largest absolute Gasteiger partial charge is 0.497 e. The van der Waals surface area contributed by atoms with Gasteiger partial charge in [0.05, 0.1) is 22.2 Å². The molecular formula is C25H20N4O4S2. The van der Waals surface area contributed by atoms with Crippen molar-refractivity contribution in [1.82, 2.24) is 4.98 Å². The molecule has 10 heteroatoms. The molecule has 0 radical (unpaired) electrons. The Balaban J connectivity index is 1.32. The average molecular weight is 505 g/mol. The topological polar surface area (TPSA) is 109 Å². The number of rotatable bonds is 6. The van der Waals surface area contributed by atoms with Crippen LogP contribution in [0.25, 0.3) is 21.0 Å². The number of amides is 2. The third-order valence-corrected chi connectivity index (χ3v) is 7.63. The molecule has 0 fully saturated rings. The number of sulfonamides is 1. The SMILES string of the molecule is COc1cccc(NC(=O)Nc2ccc3nc(NS(=O)(=O)c4ccc5ccccc5c4)sc3c2)c1. The fourth-order valence-electron chi connectivity index (χ4n) is 3.55. The number of fused-ring (bicyclic) bond motifs is 2. The number of carbonyl (C=O) groups excluding carboxylic acids is 1. The predicted molar refractivity (Wildman–Crippen MR) is 140 cm³/mol. The second kappa shape index (κ2) is 9.24. The van der Waals surface area contributed by atoms with Gasteiger partial charge >= 0.3 is 6.03 Å². The fourth-order valence-corrected chi connectivity index (χ4v) is 5.72. The summed E-state index contributed by atoms with van der Waals surface area (Å²) in [6, 6.07) is 24.3. The summed E-state index contributed by atoms with van der Waals surface area (Å²) in [6.45, 7) is 0. The quantitative estimate of drug-likeness (QED) is 0.267. The van der Waals surface area contributed by atoms with Gasteiger partial charge in [0.25, 0.3) is 10.0 Å². The van der Waals surface area contributed by atoms with E-state index in [4.69, 9.17) is 4.74 Å². The third-order valence-electron chi connectivity index (χ3n) is 5.23. The maximum atomic E-state index is 12.9. The fraction of sp³-hybridized carbons (Fsp3) is 0.0400. The van der Waals surface area contributed by atoms with Crippen LogP contribution in [-0.2, 0) is 10.0 Å². The number of thiazole rings is 1. The van der Waals surface area contributed by atoms with Crippen molar-refractivity contribution in [2.75, 3.05) is 22.5 Å². The molecule has 0 saturated heterocycles. The molecule has 1 heterocycles. The maximum absolute atomic E-state index is 12.9. The Hall–Kier alpha value is -4.15. The summed E-state index contributed by atoms with van der Waals surface area (Å²) >= 11 is 1.18. The van der Waals surface area contributed by atoms with E-state index in [1.807, 2.05) is 24.3 Å². The standard InChI is InChI=1S/C25H20N4O4S2/c1-33-20-8-4-7-18(14-20)26-24(30)27-19-10-12-22-23(15-19)34-25(28-22)29-35(31,32)21-11-9-16-5-2-3-6-17(16)13-21/h2-15H,1H3,(H,28,29)(H2,26,27,30). The lowest BCUT2D eigenvalue weighted by atomic mass is 10.1. The number of nitrogens with one attached hydrogen (secondary N) is 3. The Morgan fingerprint density at radius 2 is 1.63 bits per heavy atom. The van der Waals surface area contributed by atoms with Gasteiger partial charge in [0.1, 0.15) is 5.75 Å². The second-order valence-electron chi connectivity index (χ2n) is 7.63. The number of aromatic nitrogens is 1. The van der Waals surface area contributed by atoms with Gasteiger partial charge in [-0.2, -0.15) is 0 Å². The molecule has 0 aliphatic heterocycles. The van der Waals surface area contributed by atoms with E-state index in [1.54, 1.807) is 67.8 Å². The number of hydrogen-bond donors (Lipinski definition) is 3. The van der Waals surface area contributed by atoms with Crippen LogP contribution in [0.3, 0.4) is 0 Å². The van der Waals surface area contributed by atoms with Gasteiger partial charge in [0.2, 0.25) is 0 Å². The second-order valence-corrected chi connectivity index (χ2v) is 10.3. The van der Waals surface area contributed by atoms with Crippen LogP contribution >= 0.6 is 11.3 Å². The average Bonchev–Trinajstić information content (AvgIpc) is 3.24. The summed E-state index contributed by atoms with van der Waals surface area (Å²) in [5, 5.41) is 7.55. The van der Waals surface area contributed by atoms with E-state index < -0.39 is 16.1 Å². The smallest absolute Gasteiger partial charge is 0.323 e. The molecule has 0 saturated carbocycles. The highest BCUT2D eigenvalue weighted by atomic mass is 32.2. The zero-order chi connectivity index (χ0) is 24.4. The van der Waals surface area contributed by atoms with Crippen molar-refractivity contribution in [3.05, 3.63) is 84.9 Å². The van der Waals surface area contributed by atoms with Crippen molar-refractivity contribution in [2.45, 2.75) is 4.90 Å². The number of nitrogens with zero attached hydrogens (tertiary/aromatic N) is 1. The van der Waals surface area contributed by atoms with Crippen LogP contribution in [0.15, 0.2) is 89.8 Å². The highest BCUT2D eigenvalue weighted by Gasteiger charge is 2.17. The van der Waals surface area contributed by atoms with Crippen LogP contribution in [0.5, 0.6) is 5.75 Å². The van der Waals surface area contributed by atoms with Gasteiger partial charge in [-0.3, -0.25) is 4.72 Å². The molecule has 0 spiro atoms. The number of urea groups is 1. The molecule has 4 aromatic carbocycles. The van der Waals surface area contributed by atoms with Crippen molar-refractivity contribution in [2.24, 2.45) is 0 Å². The van der Waals surface area contributed by atoms with Gasteiger partial charge < -0.3 is 15.4 Å².